The minimum Gasteiger partial charge on any atom is -0.484 e. The number of H-pyrrole nitrogens is 1. The second kappa shape index (κ2) is 8.67. The molecule has 3 heterocycles. The van der Waals surface area contributed by atoms with E-state index in [4.69, 9.17) is 4.74 Å². The molecular weight excluding hydrogens is 408 g/mol. The summed E-state index contributed by atoms with van der Waals surface area (Å²) in [5, 5.41) is 22.0. The number of nitrogens with zero attached hydrogens (tertiary/aromatic N) is 4. The summed E-state index contributed by atoms with van der Waals surface area (Å²) in [5.41, 5.74) is 2.73. The summed E-state index contributed by atoms with van der Waals surface area (Å²) in [6.45, 7) is 1.74. The van der Waals surface area contributed by atoms with Gasteiger partial charge in [-0.05, 0) is 55.4 Å². The third-order valence-electron chi connectivity index (χ3n) is 5.37. The van der Waals surface area contributed by atoms with Crippen LogP contribution >= 0.6 is 0 Å². The van der Waals surface area contributed by atoms with E-state index in [0.717, 1.165) is 41.7 Å². The highest BCUT2D eigenvalue weighted by Gasteiger charge is 2.17. The minimum atomic E-state index is -0.113. The highest BCUT2D eigenvalue weighted by molar-refractivity contribution is 5.82. The van der Waals surface area contributed by atoms with Crippen LogP contribution in [0.4, 0.5) is 11.6 Å². The minimum absolute atomic E-state index is 0.00718. The number of hydrogen-bond acceptors (Lipinski definition) is 7. The van der Waals surface area contributed by atoms with Gasteiger partial charge in [-0.25, -0.2) is 4.68 Å². The Morgan fingerprint density at radius 1 is 1.25 bits per heavy atom. The number of aromatic amines is 1. The first-order valence-electron chi connectivity index (χ1n) is 10.5. The van der Waals surface area contributed by atoms with E-state index in [0.29, 0.717) is 17.5 Å². The van der Waals surface area contributed by atoms with E-state index in [1.54, 1.807) is 10.9 Å². The van der Waals surface area contributed by atoms with Crippen LogP contribution in [0.25, 0.3) is 22.3 Å². The molecule has 4 N–H and O–H groups in total. The average Bonchev–Trinajstić information content (AvgIpc) is 3.55. The predicted molar refractivity (Wildman–Crippen MR) is 121 cm³/mol. The lowest BCUT2D eigenvalue weighted by atomic mass is 10.2. The summed E-state index contributed by atoms with van der Waals surface area (Å²) in [4.78, 5) is 16.6. The van der Waals surface area contributed by atoms with Crippen molar-refractivity contribution in [1.82, 2.24) is 35.6 Å². The molecule has 1 aliphatic rings. The Hall–Kier alpha value is -3.92. The van der Waals surface area contributed by atoms with Gasteiger partial charge in [-0.1, -0.05) is 0 Å². The SMILES string of the molecule is Cn1nc(-c2ccc(OCC(=O)NC3CCNC3)cc2)nc1Nc1ccc2[nH]ncc2c1. The predicted octanol–water partition coefficient (Wildman–Crippen LogP) is 1.96. The maximum atomic E-state index is 12.0. The molecule has 0 saturated carbocycles. The second-order valence-electron chi connectivity index (χ2n) is 7.75. The van der Waals surface area contributed by atoms with Crippen LogP contribution in [0.1, 0.15) is 6.42 Å². The fraction of sp³-hybridized carbons (Fsp3) is 0.273. The summed E-state index contributed by atoms with van der Waals surface area (Å²) in [7, 11) is 1.84. The molecule has 2 aromatic heterocycles. The molecule has 0 bridgehead atoms. The first kappa shape index (κ1) is 20.0. The van der Waals surface area contributed by atoms with Gasteiger partial charge in [-0.3, -0.25) is 9.89 Å². The van der Waals surface area contributed by atoms with Crippen molar-refractivity contribution in [2.24, 2.45) is 7.05 Å². The molecule has 4 aromatic rings. The molecule has 1 unspecified atom stereocenters. The normalized spacial score (nSPS) is 15.7. The van der Waals surface area contributed by atoms with Crippen LogP contribution in [0.15, 0.2) is 48.7 Å². The zero-order valence-corrected chi connectivity index (χ0v) is 17.6. The third-order valence-corrected chi connectivity index (χ3v) is 5.37. The number of carbonyl (C=O) groups is 1. The van der Waals surface area contributed by atoms with E-state index in [1.165, 1.54) is 0 Å². The van der Waals surface area contributed by atoms with Crippen LogP contribution in [-0.4, -0.2) is 56.6 Å². The van der Waals surface area contributed by atoms with Crippen molar-refractivity contribution in [3.63, 3.8) is 0 Å². The number of ether oxygens (including phenoxy) is 1. The molecule has 10 nitrogen and oxygen atoms in total. The Kier molecular flexibility index (Phi) is 5.42. The summed E-state index contributed by atoms with van der Waals surface area (Å²) in [5.74, 6) is 1.73. The van der Waals surface area contributed by atoms with Gasteiger partial charge in [-0.15, -0.1) is 5.10 Å². The lowest BCUT2D eigenvalue weighted by Crippen LogP contribution is -2.39. The zero-order chi connectivity index (χ0) is 21.9. The fourth-order valence-corrected chi connectivity index (χ4v) is 3.66. The van der Waals surface area contributed by atoms with Gasteiger partial charge in [0.1, 0.15) is 5.75 Å². The summed E-state index contributed by atoms with van der Waals surface area (Å²) >= 11 is 0. The van der Waals surface area contributed by atoms with E-state index in [2.05, 4.69) is 36.2 Å². The Labute approximate surface area is 184 Å². The Balaban J connectivity index is 1.21. The average molecular weight is 432 g/mol. The molecule has 2 aromatic carbocycles. The van der Waals surface area contributed by atoms with Gasteiger partial charge in [-0.2, -0.15) is 10.1 Å². The first-order chi connectivity index (χ1) is 15.6. The van der Waals surface area contributed by atoms with Gasteiger partial charge < -0.3 is 20.7 Å². The number of carbonyl (C=O) groups excluding carboxylic acids is 1. The van der Waals surface area contributed by atoms with E-state index < -0.39 is 0 Å². The summed E-state index contributed by atoms with van der Waals surface area (Å²) in [6, 6.07) is 13.5. The number of fused-ring (bicyclic) bond motifs is 1. The van der Waals surface area contributed by atoms with Crippen molar-refractivity contribution in [2.75, 3.05) is 25.0 Å². The Morgan fingerprint density at radius 3 is 2.94 bits per heavy atom. The van der Waals surface area contributed by atoms with Crippen molar-refractivity contribution in [1.29, 1.82) is 0 Å². The fourth-order valence-electron chi connectivity index (χ4n) is 3.66. The number of benzene rings is 2. The molecule has 1 aliphatic heterocycles. The number of aryl methyl sites for hydroxylation is 1. The maximum Gasteiger partial charge on any atom is 0.258 e. The van der Waals surface area contributed by atoms with Gasteiger partial charge >= 0.3 is 0 Å². The van der Waals surface area contributed by atoms with Gasteiger partial charge in [0.05, 0.1) is 11.7 Å². The molecule has 0 spiro atoms. The number of amides is 1. The zero-order valence-electron chi connectivity index (χ0n) is 17.6. The molecule has 164 valence electrons. The molecular formula is C22H24N8O2. The van der Waals surface area contributed by atoms with E-state index in [-0.39, 0.29) is 18.6 Å². The topological polar surface area (TPSA) is 122 Å². The number of hydrogen-bond donors (Lipinski definition) is 4. The number of nitrogens with one attached hydrogen (secondary N) is 4. The highest BCUT2D eigenvalue weighted by atomic mass is 16.5. The molecule has 32 heavy (non-hydrogen) atoms. The second-order valence-corrected chi connectivity index (χ2v) is 7.75. The standard InChI is InChI=1S/C22H24N8O2/c1-30-22(26-16-4-7-19-15(10-16)11-24-28-19)27-21(29-30)14-2-5-18(6-3-14)32-13-20(31)25-17-8-9-23-12-17/h2-7,10-11,17,23H,8-9,12-13H2,1H3,(H,24,28)(H,25,31)(H,26,27,29). The van der Waals surface area contributed by atoms with Crippen molar-refractivity contribution >= 4 is 28.4 Å². The molecule has 1 fully saturated rings. The van der Waals surface area contributed by atoms with Crippen molar-refractivity contribution < 1.29 is 9.53 Å². The van der Waals surface area contributed by atoms with Gasteiger partial charge in [0.2, 0.25) is 5.95 Å². The molecule has 0 radical (unpaired) electrons. The van der Waals surface area contributed by atoms with Crippen LogP contribution in [0.2, 0.25) is 0 Å². The van der Waals surface area contributed by atoms with E-state index >= 15 is 0 Å². The Bertz CT molecular complexity index is 1220. The third kappa shape index (κ3) is 4.40. The monoisotopic (exact) mass is 432 g/mol. The molecule has 10 heteroatoms. The van der Waals surface area contributed by atoms with Gasteiger partial charge in [0.15, 0.2) is 12.4 Å². The lowest BCUT2D eigenvalue weighted by Gasteiger charge is -2.12. The van der Waals surface area contributed by atoms with Gasteiger partial charge in [0.25, 0.3) is 5.91 Å². The van der Waals surface area contributed by atoms with Crippen LogP contribution in [0, 0.1) is 0 Å². The van der Waals surface area contributed by atoms with E-state index in [9.17, 15) is 4.79 Å². The smallest absolute Gasteiger partial charge is 0.258 e. The van der Waals surface area contributed by atoms with Gasteiger partial charge in [0, 0.05) is 36.3 Å². The van der Waals surface area contributed by atoms with Crippen molar-refractivity contribution in [2.45, 2.75) is 12.5 Å². The molecule has 0 aliphatic carbocycles. The van der Waals surface area contributed by atoms with Crippen LogP contribution in [-0.2, 0) is 11.8 Å². The van der Waals surface area contributed by atoms with Crippen molar-refractivity contribution in [3.8, 4) is 17.1 Å². The molecule has 5 rings (SSSR count). The maximum absolute atomic E-state index is 12.0. The molecule has 1 saturated heterocycles. The number of anilines is 2. The Morgan fingerprint density at radius 2 is 2.12 bits per heavy atom. The van der Waals surface area contributed by atoms with Crippen LogP contribution in [0.5, 0.6) is 5.75 Å². The van der Waals surface area contributed by atoms with Crippen LogP contribution < -0.4 is 20.7 Å². The van der Waals surface area contributed by atoms with E-state index in [1.807, 2.05) is 49.5 Å². The first-order valence-corrected chi connectivity index (χ1v) is 10.5. The van der Waals surface area contributed by atoms with Crippen molar-refractivity contribution in [3.05, 3.63) is 48.7 Å². The largest absolute Gasteiger partial charge is 0.484 e. The number of aromatic nitrogens is 5. The quantitative estimate of drug-likeness (QED) is 0.352. The van der Waals surface area contributed by atoms with Crippen LogP contribution in [0.3, 0.4) is 0 Å². The molecule has 1 atom stereocenters. The highest BCUT2D eigenvalue weighted by Crippen LogP contribution is 2.24. The number of rotatable bonds is 7. The summed E-state index contributed by atoms with van der Waals surface area (Å²) in [6.07, 6.45) is 2.73. The molecule has 1 amide bonds. The lowest BCUT2D eigenvalue weighted by molar-refractivity contribution is -0.123. The summed E-state index contributed by atoms with van der Waals surface area (Å²) < 4.78 is 7.30.